The summed E-state index contributed by atoms with van der Waals surface area (Å²) in [4.78, 5) is 11.7. The maximum atomic E-state index is 11.7. The normalized spacial score (nSPS) is 31.5. The van der Waals surface area contributed by atoms with Gasteiger partial charge in [-0.1, -0.05) is 0 Å². The molecule has 5 nitrogen and oxygen atoms in total. The average molecular weight is 263 g/mol. The van der Waals surface area contributed by atoms with Crippen molar-refractivity contribution in [1.82, 2.24) is 15.1 Å². The first-order valence-electron chi connectivity index (χ1n) is 7.20. The van der Waals surface area contributed by atoms with Gasteiger partial charge in [-0.2, -0.15) is 5.10 Å². The highest BCUT2D eigenvalue weighted by molar-refractivity contribution is 4.89. The number of aromatic nitrogens is 2. The molecular formula is C14H21N3O2. The minimum atomic E-state index is 0.0168. The van der Waals surface area contributed by atoms with Gasteiger partial charge in [-0.05, 0) is 38.2 Å². The molecule has 5 heteroatoms. The third-order valence-corrected chi connectivity index (χ3v) is 4.19. The summed E-state index contributed by atoms with van der Waals surface area (Å²) in [5, 5.41) is 7.87. The van der Waals surface area contributed by atoms with E-state index in [-0.39, 0.29) is 11.6 Å². The van der Waals surface area contributed by atoms with Crippen LogP contribution in [0.5, 0.6) is 0 Å². The molecule has 0 amide bonds. The van der Waals surface area contributed by atoms with E-state index in [1.165, 1.54) is 0 Å². The van der Waals surface area contributed by atoms with Gasteiger partial charge in [-0.3, -0.25) is 4.79 Å². The van der Waals surface area contributed by atoms with Crippen LogP contribution in [0, 0.1) is 0 Å². The van der Waals surface area contributed by atoms with Crippen molar-refractivity contribution < 1.29 is 4.74 Å². The molecule has 1 saturated carbocycles. The Kier molecular flexibility index (Phi) is 3.94. The molecule has 1 N–H and O–H groups in total. The van der Waals surface area contributed by atoms with Crippen LogP contribution in [0.4, 0.5) is 0 Å². The van der Waals surface area contributed by atoms with Gasteiger partial charge < -0.3 is 10.1 Å². The number of nitrogens with zero attached hydrogens (tertiary/aromatic N) is 2. The molecule has 2 heterocycles. The number of ether oxygens (including phenoxy) is 1. The molecule has 1 aromatic heterocycles. The Labute approximate surface area is 113 Å². The Bertz CT molecular complexity index is 460. The van der Waals surface area contributed by atoms with Crippen molar-refractivity contribution in [2.45, 2.75) is 50.2 Å². The number of nitrogens with one attached hydrogen (secondary N) is 1. The van der Waals surface area contributed by atoms with E-state index in [0.717, 1.165) is 45.3 Å². The first kappa shape index (κ1) is 12.8. The summed E-state index contributed by atoms with van der Waals surface area (Å²) in [7, 11) is 0. The van der Waals surface area contributed by atoms with Gasteiger partial charge in [0.1, 0.15) is 0 Å². The molecule has 1 saturated heterocycles. The lowest BCUT2D eigenvalue weighted by atomic mass is 9.90. The standard InChI is InChI=1S/C14H21N3O2/c18-14-2-1-8-15-17(14)13-5-3-11(4-6-13)16-12-7-9-19-10-12/h1-2,8,11-13,16H,3-7,9-10H2. The highest BCUT2D eigenvalue weighted by Crippen LogP contribution is 2.27. The molecule has 0 bridgehead atoms. The summed E-state index contributed by atoms with van der Waals surface area (Å²) in [5.41, 5.74) is 0.0168. The van der Waals surface area contributed by atoms with Crippen molar-refractivity contribution in [2.24, 2.45) is 0 Å². The molecule has 2 aliphatic rings. The Morgan fingerprint density at radius 2 is 2.05 bits per heavy atom. The fourth-order valence-corrected chi connectivity index (χ4v) is 3.13. The van der Waals surface area contributed by atoms with E-state index < -0.39 is 0 Å². The Morgan fingerprint density at radius 3 is 2.74 bits per heavy atom. The maximum Gasteiger partial charge on any atom is 0.266 e. The molecule has 0 radical (unpaired) electrons. The van der Waals surface area contributed by atoms with Crippen LogP contribution in [-0.2, 0) is 4.74 Å². The molecule has 1 aromatic rings. The molecule has 1 unspecified atom stereocenters. The van der Waals surface area contributed by atoms with Crippen molar-refractivity contribution in [3.05, 3.63) is 28.7 Å². The molecule has 0 spiro atoms. The number of hydrogen-bond donors (Lipinski definition) is 1. The van der Waals surface area contributed by atoms with E-state index in [2.05, 4.69) is 10.4 Å². The van der Waals surface area contributed by atoms with E-state index in [1.807, 2.05) is 0 Å². The first-order chi connectivity index (χ1) is 9.33. The largest absolute Gasteiger partial charge is 0.380 e. The summed E-state index contributed by atoms with van der Waals surface area (Å²) in [6.07, 6.45) is 7.11. The zero-order valence-electron chi connectivity index (χ0n) is 11.1. The SMILES string of the molecule is O=c1cccnn1C1CCC(NC2CCOC2)CC1. The fraction of sp³-hybridized carbons (Fsp3) is 0.714. The Morgan fingerprint density at radius 1 is 1.21 bits per heavy atom. The molecule has 1 atom stereocenters. The lowest BCUT2D eigenvalue weighted by Crippen LogP contribution is -2.42. The van der Waals surface area contributed by atoms with Gasteiger partial charge in [0.05, 0.1) is 12.6 Å². The summed E-state index contributed by atoms with van der Waals surface area (Å²) < 4.78 is 7.03. The van der Waals surface area contributed by atoms with Crippen molar-refractivity contribution in [1.29, 1.82) is 0 Å². The van der Waals surface area contributed by atoms with E-state index in [1.54, 1.807) is 23.0 Å². The van der Waals surface area contributed by atoms with Gasteiger partial charge in [0.2, 0.25) is 0 Å². The van der Waals surface area contributed by atoms with Crippen molar-refractivity contribution >= 4 is 0 Å². The molecule has 0 aromatic carbocycles. The molecular weight excluding hydrogens is 242 g/mol. The van der Waals surface area contributed by atoms with Gasteiger partial charge in [-0.15, -0.1) is 0 Å². The van der Waals surface area contributed by atoms with Gasteiger partial charge in [0.15, 0.2) is 0 Å². The van der Waals surface area contributed by atoms with Crippen LogP contribution in [-0.4, -0.2) is 35.1 Å². The van der Waals surface area contributed by atoms with Gasteiger partial charge >= 0.3 is 0 Å². The van der Waals surface area contributed by atoms with Crippen LogP contribution in [0.3, 0.4) is 0 Å². The third-order valence-electron chi connectivity index (χ3n) is 4.19. The van der Waals surface area contributed by atoms with Gasteiger partial charge in [-0.25, -0.2) is 4.68 Å². The van der Waals surface area contributed by atoms with E-state index in [4.69, 9.17) is 4.74 Å². The second kappa shape index (κ2) is 5.84. The summed E-state index contributed by atoms with van der Waals surface area (Å²) in [6.45, 7) is 1.73. The topological polar surface area (TPSA) is 56.2 Å². The van der Waals surface area contributed by atoms with Crippen LogP contribution < -0.4 is 10.9 Å². The smallest absolute Gasteiger partial charge is 0.266 e. The highest BCUT2D eigenvalue weighted by Gasteiger charge is 2.26. The zero-order valence-corrected chi connectivity index (χ0v) is 11.1. The van der Waals surface area contributed by atoms with Crippen LogP contribution >= 0.6 is 0 Å². The second-order valence-corrected chi connectivity index (χ2v) is 5.54. The number of rotatable bonds is 3. The molecule has 1 aliphatic heterocycles. The van der Waals surface area contributed by atoms with Crippen LogP contribution in [0.1, 0.15) is 38.1 Å². The fourth-order valence-electron chi connectivity index (χ4n) is 3.13. The molecule has 3 rings (SSSR count). The van der Waals surface area contributed by atoms with Gasteiger partial charge in [0.25, 0.3) is 5.56 Å². The third kappa shape index (κ3) is 3.04. The average Bonchev–Trinajstić information content (AvgIpc) is 2.93. The lowest BCUT2D eigenvalue weighted by molar-refractivity contribution is 0.183. The molecule has 104 valence electrons. The predicted octanol–water partition coefficient (Wildman–Crippen LogP) is 1.11. The van der Waals surface area contributed by atoms with Gasteiger partial charge in [0, 0.05) is 31.0 Å². The summed E-state index contributed by atoms with van der Waals surface area (Å²) in [6, 6.07) is 4.66. The van der Waals surface area contributed by atoms with Crippen molar-refractivity contribution in [3.63, 3.8) is 0 Å². The summed E-state index contributed by atoms with van der Waals surface area (Å²) in [5.74, 6) is 0. The quantitative estimate of drug-likeness (QED) is 0.887. The first-order valence-corrected chi connectivity index (χ1v) is 7.20. The Balaban J connectivity index is 1.54. The molecule has 1 aliphatic carbocycles. The monoisotopic (exact) mass is 263 g/mol. The maximum absolute atomic E-state index is 11.7. The Hall–Kier alpha value is -1.20. The second-order valence-electron chi connectivity index (χ2n) is 5.54. The van der Waals surface area contributed by atoms with Crippen LogP contribution in [0.15, 0.2) is 23.1 Å². The van der Waals surface area contributed by atoms with E-state index >= 15 is 0 Å². The lowest BCUT2D eigenvalue weighted by Gasteiger charge is -2.31. The zero-order chi connectivity index (χ0) is 13.1. The molecule has 19 heavy (non-hydrogen) atoms. The molecule has 2 fully saturated rings. The van der Waals surface area contributed by atoms with Crippen molar-refractivity contribution in [3.8, 4) is 0 Å². The van der Waals surface area contributed by atoms with Crippen molar-refractivity contribution in [2.75, 3.05) is 13.2 Å². The summed E-state index contributed by atoms with van der Waals surface area (Å²) >= 11 is 0. The number of hydrogen-bond acceptors (Lipinski definition) is 4. The van der Waals surface area contributed by atoms with Crippen LogP contribution in [0.25, 0.3) is 0 Å². The van der Waals surface area contributed by atoms with E-state index in [9.17, 15) is 4.79 Å². The minimum absolute atomic E-state index is 0.0168. The highest BCUT2D eigenvalue weighted by atomic mass is 16.5. The van der Waals surface area contributed by atoms with E-state index in [0.29, 0.717) is 12.1 Å². The predicted molar refractivity (Wildman–Crippen MR) is 72.1 cm³/mol. The van der Waals surface area contributed by atoms with Crippen LogP contribution in [0.2, 0.25) is 0 Å². The minimum Gasteiger partial charge on any atom is -0.380 e.